The van der Waals surface area contributed by atoms with E-state index < -0.39 is 0 Å². The molecule has 1 saturated heterocycles. The summed E-state index contributed by atoms with van der Waals surface area (Å²) in [5, 5.41) is 0. The number of nitrogens with zero attached hydrogens (tertiary/aromatic N) is 1. The standard InChI is InChI=1S/C20H20BrNO/c21-19-9-5-8-18-17(10-13-22-11-3-4-12-22)16-7-2-1-6-15(16)14-23-20(18)19/h1-2,5-10H,3-4,11-14H2/b17-10-. The smallest absolute Gasteiger partial charge is 0.141 e. The molecule has 4 rings (SSSR count). The van der Waals surface area contributed by atoms with Crippen molar-refractivity contribution in [1.29, 1.82) is 0 Å². The lowest BCUT2D eigenvalue weighted by Gasteiger charge is -2.15. The summed E-state index contributed by atoms with van der Waals surface area (Å²) in [5.74, 6) is 0.955. The molecule has 0 bridgehead atoms. The fraction of sp³-hybridized carbons (Fsp3) is 0.300. The highest BCUT2D eigenvalue weighted by Crippen LogP contribution is 2.40. The Morgan fingerprint density at radius 1 is 1.00 bits per heavy atom. The predicted octanol–water partition coefficient (Wildman–Crippen LogP) is 4.87. The minimum Gasteiger partial charge on any atom is -0.487 e. The third-order valence-electron chi connectivity index (χ3n) is 4.69. The first kappa shape index (κ1) is 15.0. The molecule has 0 atom stereocenters. The van der Waals surface area contributed by atoms with Crippen LogP contribution in [0, 0.1) is 0 Å². The van der Waals surface area contributed by atoms with Gasteiger partial charge in [0.1, 0.15) is 12.4 Å². The van der Waals surface area contributed by atoms with Crippen LogP contribution in [0.15, 0.2) is 53.0 Å². The Labute approximate surface area is 145 Å². The molecule has 3 heteroatoms. The van der Waals surface area contributed by atoms with Crippen LogP contribution in [0.2, 0.25) is 0 Å². The summed E-state index contributed by atoms with van der Waals surface area (Å²) in [4.78, 5) is 2.53. The Balaban J connectivity index is 1.81. The van der Waals surface area contributed by atoms with Crippen LogP contribution >= 0.6 is 15.9 Å². The maximum Gasteiger partial charge on any atom is 0.141 e. The van der Waals surface area contributed by atoms with Gasteiger partial charge in [-0.2, -0.15) is 0 Å². The lowest BCUT2D eigenvalue weighted by molar-refractivity contribution is 0.305. The van der Waals surface area contributed by atoms with E-state index in [1.165, 1.54) is 48.2 Å². The number of likely N-dealkylation sites (tertiary alicyclic amines) is 1. The zero-order chi connectivity index (χ0) is 15.6. The number of rotatable bonds is 2. The Kier molecular flexibility index (Phi) is 4.23. The van der Waals surface area contributed by atoms with Crippen molar-refractivity contribution in [2.24, 2.45) is 0 Å². The fourth-order valence-electron chi connectivity index (χ4n) is 3.48. The SMILES string of the molecule is Brc1cccc2c1OCc1ccccc1/C2=C/CN1CCCC1. The largest absolute Gasteiger partial charge is 0.487 e. The molecular formula is C20H20BrNO. The van der Waals surface area contributed by atoms with Crippen LogP contribution in [0.1, 0.15) is 29.5 Å². The Bertz CT molecular complexity index is 747. The highest BCUT2D eigenvalue weighted by Gasteiger charge is 2.21. The molecule has 0 radical (unpaired) electrons. The zero-order valence-corrected chi connectivity index (χ0v) is 14.7. The second-order valence-electron chi connectivity index (χ2n) is 6.19. The number of hydrogen-bond donors (Lipinski definition) is 0. The predicted molar refractivity (Wildman–Crippen MR) is 97.7 cm³/mol. The molecule has 2 aromatic rings. The van der Waals surface area contributed by atoms with Gasteiger partial charge >= 0.3 is 0 Å². The van der Waals surface area contributed by atoms with Crippen molar-refractivity contribution in [2.45, 2.75) is 19.4 Å². The normalized spacial score (nSPS) is 19.1. The Morgan fingerprint density at radius 2 is 1.78 bits per heavy atom. The minimum atomic E-state index is 0.618. The maximum absolute atomic E-state index is 6.11. The molecule has 0 N–H and O–H groups in total. The average molecular weight is 370 g/mol. The van der Waals surface area contributed by atoms with Gasteiger partial charge in [0.2, 0.25) is 0 Å². The number of para-hydroxylation sites is 1. The highest BCUT2D eigenvalue weighted by atomic mass is 79.9. The lowest BCUT2D eigenvalue weighted by Crippen LogP contribution is -2.19. The van der Waals surface area contributed by atoms with E-state index in [-0.39, 0.29) is 0 Å². The van der Waals surface area contributed by atoms with Crippen molar-refractivity contribution in [2.75, 3.05) is 19.6 Å². The van der Waals surface area contributed by atoms with E-state index in [0.29, 0.717) is 6.61 Å². The number of benzene rings is 2. The molecule has 0 aromatic heterocycles. The van der Waals surface area contributed by atoms with Gasteiger partial charge in [0.15, 0.2) is 0 Å². The fourth-order valence-corrected chi connectivity index (χ4v) is 3.96. The van der Waals surface area contributed by atoms with E-state index >= 15 is 0 Å². The van der Waals surface area contributed by atoms with Crippen molar-refractivity contribution in [3.05, 3.63) is 69.7 Å². The first-order valence-corrected chi connectivity index (χ1v) is 9.05. The van der Waals surface area contributed by atoms with Crippen molar-refractivity contribution in [1.82, 2.24) is 4.90 Å². The average Bonchev–Trinajstić information content (AvgIpc) is 3.03. The van der Waals surface area contributed by atoms with Gasteiger partial charge in [0.05, 0.1) is 4.47 Å². The van der Waals surface area contributed by atoms with Crippen molar-refractivity contribution < 1.29 is 4.74 Å². The molecule has 23 heavy (non-hydrogen) atoms. The maximum atomic E-state index is 6.11. The van der Waals surface area contributed by atoms with E-state index in [4.69, 9.17) is 4.74 Å². The van der Waals surface area contributed by atoms with E-state index in [0.717, 1.165) is 16.8 Å². The van der Waals surface area contributed by atoms with Crippen LogP contribution in [0.25, 0.3) is 5.57 Å². The Hall–Kier alpha value is -1.58. The molecule has 0 spiro atoms. The molecular weight excluding hydrogens is 350 g/mol. The van der Waals surface area contributed by atoms with Gasteiger partial charge in [0, 0.05) is 12.1 Å². The first-order chi connectivity index (χ1) is 11.3. The number of ether oxygens (including phenoxy) is 1. The molecule has 2 aliphatic heterocycles. The van der Waals surface area contributed by atoms with Crippen LogP contribution in [0.4, 0.5) is 0 Å². The van der Waals surface area contributed by atoms with E-state index in [1.807, 2.05) is 6.07 Å². The minimum absolute atomic E-state index is 0.618. The zero-order valence-electron chi connectivity index (χ0n) is 13.1. The molecule has 0 amide bonds. The first-order valence-electron chi connectivity index (χ1n) is 8.25. The molecule has 2 nitrogen and oxygen atoms in total. The summed E-state index contributed by atoms with van der Waals surface area (Å²) >= 11 is 3.64. The van der Waals surface area contributed by atoms with Crippen LogP contribution < -0.4 is 4.74 Å². The van der Waals surface area contributed by atoms with Crippen LogP contribution in [0.3, 0.4) is 0 Å². The van der Waals surface area contributed by atoms with Gasteiger partial charge in [-0.3, -0.25) is 4.90 Å². The summed E-state index contributed by atoms with van der Waals surface area (Å²) in [6.07, 6.45) is 5.03. The third-order valence-corrected chi connectivity index (χ3v) is 5.31. The summed E-state index contributed by atoms with van der Waals surface area (Å²) in [5.41, 5.74) is 5.02. The van der Waals surface area contributed by atoms with Crippen LogP contribution in [0.5, 0.6) is 5.75 Å². The summed E-state index contributed by atoms with van der Waals surface area (Å²) in [7, 11) is 0. The van der Waals surface area contributed by atoms with Gasteiger partial charge in [-0.15, -0.1) is 0 Å². The van der Waals surface area contributed by atoms with E-state index in [1.54, 1.807) is 0 Å². The van der Waals surface area contributed by atoms with Gasteiger partial charge in [0.25, 0.3) is 0 Å². The quantitative estimate of drug-likeness (QED) is 0.748. The second kappa shape index (κ2) is 6.50. The Morgan fingerprint density at radius 3 is 2.65 bits per heavy atom. The monoisotopic (exact) mass is 369 g/mol. The highest BCUT2D eigenvalue weighted by molar-refractivity contribution is 9.10. The van der Waals surface area contributed by atoms with E-state index in [9.17, 15) is 0 Å². The van der Waals surface area contributed by atoms with Gasteiger partial charge in [-0.25, -0.2) is 0 Å². The van der Waals surface area contributed by atoms with Crippen LogP contribution in [-0.2, 0) is 6.61 Å². The summed E-state index contributed by atoms with van der Waals surface area (Å²) < 4.78 is 7.13. The van der Waals surface area contributed by atoms with Gasteiger partial charge < -0.3 is 4.74 Å². The topological polar surface area (TPSA) is 12.5 Å². The molecule has 2 heterocycles. The molecule has 2 aromatic carbocycles. The van der Waals surface area contributed by atoms with Crippen molar-refractivity contribution >= 4 is 21.5 Å². The summed E-state index contributed by atoms with van der Waals surface area (Å²) in [6, 6.07) is 14.9. The van der Waals surface area contributed by atoms with Gasteiger partial charge in [-0.05, 0) is 64.6 Å². The summed E-state index contributed by atoms with van der Waals surface area (Å²) in [6.45, 7) is 4.06. The van der Waals surface area contributed by atoms with Crippen molar-refractivity contribution in [3.63, 3.8) is 0 Å². The second-order valence-corrected chi connectivity index (χ2v) is 7.04. The molecule has 2 aliphatic rings. The number of fused-ring (bicyclic) bond motifs is 2. The van der Waals surface area contributed by atoms with Crippen LogP contribution in [-0.4, -0.2) is 24.5 Å². The van der Waals surface area contributed by atoms with Crippen molar-refractivity contribution in [3.8, 4) is 5.75 Å². The molecule has 118 valence electrons. The molecule has 1 fully saturated rings. The molecule has 0 saturated carbocycles. The lowest BCUT2D eigenvalue weighted by atomic mass is 9.94. The number of hydrogen-bond acceptors (Lipinski definition) is 2. The molecule has 0 aliphatic carbocycles. The van der Waals surface area contributed by atoms with E-state index in [2.05, 4.69) is 63.3 Å². The van der Waals surface area contributed by atoms with Gasteiger partial charge in [-0.1, -0.05) is 42.5 Å². The number of halogens is 1. The molecule has 0 unspecified atom stereocenters. The third kappa shape index (κ3) is 2.96.